The number of hydrogen-bond donors (Lipinski definition) is 14. The monoisotopic (exact) mass is 1150 g/mol. The maximum absolute atomic E-state index is 8.56. The van der Waals surface area contributed by atoms with Crippen molar-refractivity contribution in [1.29, 1.82) is 0 Å². The molecule has 0 aliphatic carbocycles. The van der Waals surface area contributed by atoms with Gasteiger partial charge in [-0.3, -0.25) is 0 Å². The molecule has 0 aromatic heterocycles. The van der Waals surface area contributed by atoms with Crippen molar-refractivity contribution < 1.29 is 1060 Å². The van der Waals surface area contributed by atoms with Gasteiger partial charge in [0.25, 0.3) is 0 Å². The molecule has 0 aromatic rings. The van der Waals surface area contributed by atoms with Crippen LogP contribution >= 0.6 is 0 Å². The zero-order valence-electron chi connectivity index (χ0n) is 48.6. The molecule has 0 amide bonds. The maximum Gasteiger partial charge on any atom is 1.00 e. The number of carboxylic acid groups (broad SMARTS) is 14. The number of carbonyl (C=O) groups is 7. The summed E-state index contributed by atoms with van der Waals surface area (Å²) in [6, 6.07) is 0. The first-order valence-corrected chi connectivity index (χ1v) is 4.56. The second kappa shape index (κ2) is 158. The predicted molar refractivity (Wildman–Crippen MR) is 94.6 cm³/mol. The molecular weight excluding hydrogens is 1120 g/mol. The number of rotatable bonds is 0. The van der Waals surface area contributed by atoms with Crippen LogP contribution in [-0.2, 0) is 0 Å². The van der Waals surface area contributed by atoms with E-state index in [0.717, 1.165) is 0 Å². The van der Waals surface area contributed by atoms with Crippen molar-refractivity contribution in [3.63, 3.8) is 0 Å². The third-order valence-electron chi connectivity index (χ3n) is 0. The van der Waals surface area contributed by atoms with E-state index in [1.54, 1.807) is 0 Å². The summed E-state index contributed by atoms with van der Waals surface area (Å²) in [5, 5.41) is 97.6. The molecule has 0 unspecified atom stereocenters. The molecule has 21 nitrogen and oxygen atoms in total. The van der Waals surface area contributed by atoms with Crippen LogP contribution in [0.3, 0.4) is 0 Å². The molecule has 0 radical (unpaired) electrons. The van der Waals surface area contributed by atoms with Crippen molar-refractivity contribution in [3.05, 3.63) is 0 Å². The summed E-state index contributed by atoms with van der Waals surface area (Å²) in [7, 11) is 0. The van der Waals surface area contributed by atoms with E-state index in [1.807, 2.05) is 0 Å². The second-order valence-corrected chi connectivity index (χ2v) is 1.98. The van der Waals surface area contributed by atoms with Gasteiger partial charge >= 0.3 is 968 Å². The zero-order chi connectivity index (χ0) is 25.0. The van der Waals surface area contributed by atoms with Gasteiger partial charge in [0.15, 0.2) is 0 Å². The minimum atomic E-state index is -1.83. The fourth-order valence-electron chi connectivity index (χ4n) is 0. The molecule has 0 rings (SSSR count). The smallest absolute Gasteiger partial charge is 1.00 e. The van der Waals surface area contributed by atoms with Crippen molar-refractivity contribution in [2.75, 3.05) is 0 Å². The van der Waals surface area contributed by atoms with E-state index < -0.39 is 43.1 Å². The van der Waals surface area contributed by atoms with Crippen LogP contribution in [0.15, 0.2) is 0 Å². The Kier molecular flexibility index (Phi) is 563. The average molecular weight is 1160 g/mol. The first-order valence-electron chi connectivity index (χ1n) is 4.56. The molecule has 0 aliphatic heterocycles. The van der Waals surface area contributed by atoms with Crippen LogP contribution < -0.4 is 925 Å². The Labute approximate surface area is 1060 Å². The zero-order valence-corrected chi connectivity index (χ0v) is 86.8. The van der Waals surface area contributed by atoms with Gasteiger partial charge < -0.3 is 97.2 Å². The van der Waals surface area contributed by atoms with E-state index in [9.17, 15) is 0 Å². The summed E-state index contributed by atoms with van der Waals surface area (Å²) in [6.07, 6.45) is -12.8. The Hall–Kier alpha value is 24.3. The quantitative estimate of drug-likeness (QED) is 0.100. The van der Waals surface area contributed by atoms with Gasteiger partial charge in [-0.25, -0.2) is 33.6 Å². The van der Waals surface area contributed by atoms with Gasteiger partial charge in [-0.1, -0.05) is 0 Å². The topological polar surface area (TPSA) is 403 Å². The van der Waals surface area contributed by atoms with Crippen LogP contribution in [0.25, 0.3) is 0 Å². The van der Waals surface area contributed by atoms with Crippen LogP contribution in [0.1, 0.15) is 25.7 Å². The van der Waals surface area contributed by atoms with Crippen molar-refractivity contribution in [3.8, 4) is 0 Å². The third-order valence-corrected chi connectivity index (χ3v) is 0. The summed E-state index contributed by atoms with van der Waals surface area (Å²) in [4.78, 5) is 59.9. The minimum Gasteiger partial charge on any atom is -1.00 e. The molecule has 0 aromatic carbocycles. The van der Waals surface area contributed by atoms with E-state index in [0.29, 0.717) is 0 Å². The fraction of sp³-hybridized carbons (Fsp3) is 0. The molecule has 204 valence electrons. The molecular formula is C7H32K18O21. The molecule has 0 aliphatic rings. The summed E-state index contributed by atoms with van der Waals surface area (Å²) >= 11 is 0. The Morgan fingerprint density at radius 2 is 0.174 bits per heavy atom. The van der Waals surface area contributed by atoms with Crippen LogP contribution in [0, 0.1) is 0 Å². The molecule has 0 heterocycles. The Bertz CT molecular complexity index is 401. The first-order chi connectivity index (χ1) is 12.1. The van der Waals surface area contributed by atoms with Gasteiger partial charge in [-0.05, 0) is 0 Å². The SMILES string of the molecule is O=C(O)O.O=C(O)O.O=C(O)O.O=C(O)O.O=C(O)O.O=C(O)O.O=C(O)O.[H-].[H-].[H-].[H-].[H-].[H-].[H-].[H-].[H-].[H-].[H-].[H-].[H-].[H-].[H-].[H-].[H-].[H-].[K+].[K+].[K+].[K+].[K+].[K+].[K+].[K+].[K+].[K+].[K+].[K+].[K+].[K+].[K+].[K+].[K+].[K+]. The third kappa shape index (κ3) is 523. The average Bonchev–Trinajstić information content (AvgIpc) is 2.20. The first kappa shape index (κ1) is 165. The number of hydrogen-bond acceptors (Lipinski definition) is 7. The molecule has 39 heteroatoms. The molecule has 0 fully saturated rings. The van der Waals surface area contributed by atoms with Gasteiger partial charge in [0, 0.05) is 0 Å². The predicted octanol–water partition coefficient (Wildman–Crippen LogP) is -50.3. The normalized spacial score (nSPS) is 3.65. The van der Waals surface area contributed by atoms with Crippen molar-refractivity contribution >= 4 is 43.1 Å². The van der Waals surface area contributed by atoms with Crippen molar-refractivity contribution in [2.45, 2.75) is 0 Å². The molecule has 0 saturated heterocycles. The van der Waals surface area contributed by atoms with Crippen LogP contribution in [0.4, 0.5) is 33.6 Å². The van der Waals surface area contributed by atoms with Crippen molar-refractivity contribution in [1.82, 2.24) is 0 Å². The Morgan fingerprint density at radius 1 is 0.174 bits per heavy atom. The summed E-state index contributed by atoms with van der Waals surface area (Å²) in [5.74, 6) is 0. The van der Waals surface area contributed by atoms with E-state index in [2.05, 4.69) is 0 Å². The molecule has 14 N–H and O–H groups in total. The van der Waals surface area contributed by atoms with E-state index in [4.69, 9.17) is 105 Å². The van der Waals surface area contributed by atoms with Gasteiger partial charge in [-0.2, -0.15) is 0 Å². The largest absolute Gasteiger partial charge is 1.00 e. The second-order valence-electron chi connectivity index (χ2n) is 1.98. The van der Waals surface area contributed by atoms with E-state index >= 15 is 0 Å². The molecule has 46 heavy (non-hydrogen) atoms. The van der Waals surface area contributed by atoms with Gasteiger partial charge in [0.2, 0.25) is 0 Å². The van der Waals surface area contributed by atoms with Gasteiger partial charge in [0.1, 0.15) is 0 Å². The molecule has 0 bridgehead atoms. The van der Waals surface area contributed by atoms with Crippen LogP contribution in [0.5, 0.6) is 0 Å². The van der Waals surface area contributed by atoms with Crippen LogP contribution in [0.2, 0.25) is 0 Å². The molecule has 0 saturated carbocycles. The van der Waals surface area contributed by atoms with E-state index in [-0.39, 0.29) is 951 Å². The maximum atomic E-state index is 8.56. The summed E-state index contributed by atoms with van der Waals surface area (Å²) in [5.41, 5.74) is 0. The Balaban J connectivity index is -0.00000000179. The minimum absolute atomic E-state index is 0. The standard InChI is InChI=1S/7CH2O3.18K.18H/c7*2-1(3)4;;;;;;;;;;;;;;;;;;;;;;;;;;;;;;;;;;;;/h7*(H2,2,3,4);;;;;;;;;;;;;;;;;;;;;;;;;;;;;;;;;;;;/q;;;;;;;18*+1;18*-1. The summed E-state index contributed by atoms with van der Waals surface area (Å²) in [6.45, 7) is 0. The van der Waals surface area contributed by atoms with Crippen molar-refractivity contribution in [2.24, 2.45) is 0 Å². The molecule has 0 spiro atoms. The fourth-order valence-corrected chi connectivity index (χ4v) is 0. The van der Waals surface area contributed by atoms with Crippen LogP contribution in [-0.4, -0.2) is 115 Å². The van der Waals surface area contributed by atoms with E-state index in [1.165, 1.54) is 0 Å². The Morgan fingerprint density at radius 3 is 0.174 bits per heavy atom. The summed E-state index contributed by atoms with van der Waals surface area (Å²) < 4.78 is 0. The van der Waals surface area contributed by atoms with Gasteiger partial charge in [-0.15, -0.1) is 0 Å². The molecule has 0 atom stereocenters. The van der Waals surface area contributed by atoms with Gasteiger partial charge in [0.05, 0.1) is 0 Å².